The molecule has 1 aromatic rings. The van der Waals surface area contributed by atoms with Crippen molar-refractivity contribution in [3.05, 3.63) is 29.8 Å². The molecule has 0 aromatic heterocycles. The topological polar surface area (TPSA) is 58.2 Å². The maximum absolute atomic E-state index is 11.3. The van der Waals surface area contributed by atoms with Crippen LogP contribution in [0, 0.1) is 0 Å². The Kier molecular flexibility index (Phi) is 4.51. The molecule has 0 aliphatic carbocycles. The number of amides is 2. The SMILES string of the molecule is CCNC(=O)Cc1ccc(NC(C)=O)cc1. The first-order valence-corrected chi connectivity index (χ1v) is 5.25. The lowest BCUT2D eigenvalue weighted by Gasteiger charge is -2.04. The summed E-state index contributed by atoms with van der Waals surface area (Å²) in [5.41, 5.74) is 1.67. The highest BCUT2D eigenvalue weighted by atomic mass is 16.2. The van der Waals surface area contributed by atoms with Crippen molar-refractivity contribution in [2.45, 2.75) is 20.3 Å². The van der Waals surface area contributed by atoms with E-state index in [1.54, 1.807) is 12.1 Å². The molecule has 1 aromatic carbocycles. The molecule has 2 N–H and O–H groups in total. The van der Waals surface area contributed by atoms with Gasteiger partial charge in [-0.25, -0.2) is 0 Å². The molecule has 0 spiro atoms. The highest BCUT2D eigenvalue weighted by molar-refractivity contribution is 5.88. The van der Waals surface area contributed by atoms with Crippen LogP contribution in [0.2, 0.25) is 0 Å². The van der Waals surface area contributed by atoms with Gasteiger partial charge in [-0.3, -0.25) is 9.59 Å². The largest absolute Gasteiger partial charge is 0.356 e. The Morgan fingerprint density at radius 3 is 2.31 bits per heavy atom. The zero-order valence-corrected chi connectivity index (χ0v) is 9.54. The minimum atomic E-state index is -0.100. The normalized spacial score (nSPS) is 9.62. The van der Waals surface area contributed by atoms with Crippen LogP contribution in [-0.4, -0.2) is 18.4 Å². The van der Waals surface area contributed by atoms with Crippen molar-refractivity contribution >= 4 is 17.5 Å². The molecule has 2 amide bonds. The molecule has 0 heterocycles. The molecule has 4 heteroatoms. The number of rotatable bonds is 4. The van der Waals surface area contributed by atoms with Crippen molar-refractivity contribution in [1.82, 2.24) is 5.32 Å². The average Bonchev–Trinajstić information content (AvgIpc) is 2.20. The zero-order chi connectivity index (χ0) is 12.0. The van der Waals surface area contributed by atoms with E-state index in [-0.39, 0.29) is 11.8 Å². The molecular formula is C12H16N2O2. The number of hydrogen-bond acceptors (Lipinski definition) is 2. The monoisotopic (exact) mass is 220 g/mol. The predicted molar refractivity (Wildman–Crippen MR) is 63.1 cm³/mol. The highest BCUT2D eigenvalue weighted by Crippen LogP contribution is 2.09. The number of carbonyl (C=O) groups is 2. The number of carbonyl (C=O) groups excluding carboxylic acids is 2. The first-order valence-electron chi connectivity index (χ1n) is 5.25. The number of nitrogens with one attached hydrogen (secondary N) is 2. The molecular weight excluding hydrogens is 204 g/mol. The molecule has 0 aliphatic heterocycles. The third kappa shape index (κ3) is 4.13. The van der Waals surface area contributed by atoms with Gasteiger partial charge in [-0.05, 0) is 24.6 Å². The Labute approximate surface area is 95.0 Å². The van der Waals surface area contributed by atoms with Gasteiger partial charge in [0.05, 0.1) is 6.42 Å². The predicted octanol–water partition coefficient (Wildman–Crippen LogP) is 1.32. The van der Waals surface area contributed by atoms with Gasteiger partial charge in [-0.1, -0.05) is 12.1 Å². The molecule has 0 atom stereocenters. The third-order valence-corrected chi connectivity index (χ3v) is 2.01. The number of anilines is 1. The van der Waals surface area contributed by atoms with E-state index in [9.17, 15) is 9.59 Å². The summed E-state index contributed by atoms with van der Waals surface area (Å²) >= 11 is 0. The molecule has 0 bridgehead atoms. The standard InChI is InChI=1S/C12H16N2O2/c1-3-13-12(16)8-10-4-6-11(7-5-10)14-9(2)15/h4-7H,3,8H2,1-2H3,(H,13,16)(H,14,15). The minimum Gasteiger partial charge on any atom is -0.356 e. The second kappa shape index (κ2) is 5.90. The molecule has 0 radical (unpaired) electrons. The molecule has 0 saturated heterocycles. The van der Waals surface area contributed by atoms with Gasteiger partial charge in [0.15, 0.2) is 0 Å². The van der Waals surface area contributed by atoms with Crippen molar-refractivity contribution in [2.75, 3.05) is 11.9 Å². The van der Waals surface area contributed by atoms with Crippen LogP contribution in [0.3, 0.4) is 0 Å². The van der Waals surface area contributed by atoms with Gasteiger partial charge in [0.1, 0.15) is 0 Å². The van der Waals surface area contributed by atoms with Gasteiger partial charge in [0.25, 0.3) is 0 Å². The van der Waals surface area contributed by atoms with Gasteiger partial charge < -0.3 is 10.6 Å². The summed E-state index contributed by atoms with van der Waals surface area (Å²) in [6.45, 7) is 3.99. The van der Waals surface area contributed by atoms with Crippen molar-refractivity contribution in [3.63, 3.8) is 0 Å². The summed E-state index contributed by atoms with van der Waals surface area (Å²) in [5, 5.41) is 5.40. The number of likely N-dealkylation sites (N-methyl/N-ethyl adjacent to an activating group) is 1. The summed E-state index contributed by atoms with van der Waals surface area (Å²) in [7, 11) is 0. The van der Waals surface area contributed by atoms with Crippen molar-refractivity contribution in [2.24, 2.45) is 0 Å². The van der Waals surface area contributed by atoms with E-state index in [0.717, 1.165) is 11.3 Å². The van der Waals surface area contributed by atoms with Gasteiger partial charge in [-0.15, -0.1) is 0 Å². The van der Waals surface area contributed by atoms with E-state index < -0.39 is 0 Å². The molecule has 0 saturated carbocycles. The van der Waals surface area contributed by atoms with Crippen LogP contribution in [0.1, 0.15) is 19.4 Å². The zero-order valence-electron chi connectivity index (χ0n) is 9.54. The molecule has 0 unspecified atom stereocenters. The first kappa shape index (κ1) is 12.2. The second-order valence-corrected chi connectivity index (χ2v) is 3.51. The Bertz CT molecular complexity index is 371. The summed E-state index contributed by atoms with van der Waals surface area (Å²) < 4.78 is 0. The van der Waals surface area contributed by atoms with E-state index in [0.29, 0.717) is 13.0 Å². The van der Waals surface area contributed by atoms with E-state index >= 15 is 0 Å². The van der Waals surface area contributed by atoms with E-state index in [4.69, 9.17) is 0 Å². The molecule has 4 nitrogen and oxygen atoms in total. The van der Waals surface area contributed by atoms with Gasteiger partial charge in [0.2, 0.25) is 11.8 Å². The van der Waals surface area contributed by atoms with Gasteiger partial charge in [-0.2, -0.15) is 0 Å². The average molecular weight is 220 g/mol. The lowest BCUT2D eigenvalue weighted by molar-refractivity contribution is -0.120. The maximum Gasteiger partial charge on any atom is 0.224 e. The van der Waals surface area contributed by atoms with Crippen LogP contribution in [0.25, 0.3) is 0 Å². The van der Waals surface area contributed by atoms with Crippen LogP contribution < -0.4 is 10.6 Å². The van der Waals surface area contributed by atoms with Crippen molar-refractivity contribution in [1.29, 1.82) is 0 Å². The lowest BCUT2D eigenvalue weighted by atomic mass is 10.1. The van der Waals surface area contributed by atoms with Crippen LogP contribution in [0.4, 0.5) is 5.69 Å². The summed E-state index contributed by atoms with van der Waals surface area (Å²) in [4.78, 5) is 22.1. The molecule has 0 fully saturated rings. The fraction of sp³-hybridized carbons (Fsp3) is 0.333. The van der Waals surface area contributed by atoms with Gasteiger partial charge in [0, 0.05) is 19.2 Å². The Hall–Kier alpha value is -1.84. The Morgan fingerprint density at radius 2 is 1.81 bits per heavy atom. The fourth-order valence-electron chi connectivity index (χ4n) is 1.35. The van der Waals surface area contributed by atoms with Crippen LogP contribution in [0.5, 0.6) is 0 Å². The molecule has 86 valence electrons. The van der Waals surface area contributed by atoms with Crippen LogP contribution in [-0.2, 0) is 16.0 Å². The van der Waals surface area contributed by atoms with E-state index in [2.05, 4.69) is 10.6 Å². The molecule has 1 rings (SSSR count). The first-order chi connectivity index (χ1) is 7.61. The number of hydrogen-bond donors (Lipinski definition) is 2. The highest BCUT2D eigenvalue weighted by Gasteiger charge is 2.02. The second-order valence-electron chi connectivity index (χ2n) is 3.51. The summed E-state index contributed by atoms with van der Waals surface area (Å²) in [6, 6.07) is 7.24. The third-order valence-electron chi connectivity index (χ3n) is 2.01. The minimum absolute atomic E-state index is 0.00905. The Morgan fingerprint density at radius 1 is 1.19 bits per heavy atom. The van der Waals surface area contributed by atoms with Crippen LogP contribution >= 0.6 is 0 Å². The lowest BCUT2D eigenvalue weighted by Crippen LogP contribution is -2.24. The van der Waals surface area contributed by atoms with Crippen LogP contribution in [0.15, 0.2) is 24.3 Å². The molecule has 16 heavy (non-hydrogen) atoms. The Balaban J connectivity index is 2.57. The van der Waals surface area contributed by atoms with E-state index in [1.165, 1.54) is 6.92 Å². The maximum atomic E-state index is 11.3. The van der Waals surface area contributed by atoms with E-state index in [1.807, 2.05) is 19.1 Å². The quantitative estimate of drug-likeness (QED) is 0.804. The van der Waals surface area contributed by atoms with Crippen molar-refractivity contribution in [3.8, 4) is 0 Å². The van der Waals surface area contributed by atoms with Gasteiger partial charge >= 0.3 is 0 Å². The summed E-state index contributed by atoms with van der Waals surface area (Å²) in [5.74, 6) is -0.0914. The fourth-order valence-corrected chi connectivity index (χ4v) is 1.35. The summed E-state index contributed by atoms with van der Waals surface area (Å²) in [6.07, 6.45) is 0.369. The smallest absolute Gasteiger partial charge is 0.224 e. The molecule has 0 aliphatic rings. The number of benzene rings is 1. The van der Waals surface area contributed by atoms with Crippen molar-refractivity contribution < 1.29 is 9.59 Å².